The lowest BCUT2D eigenvalue weighted by Gasteiger charge is -2.40. The minimum atomic E-state index is -1.37. The minimum Gasteiger partial charge on any atom is -0.481 e. The van der Waals surface area contributed by atoms with Gasteiger partial charge in [0.25, 0.3) is 0 Å². The van der Waals surface area contributed by atoms with Crippen LogP contribution < -0.4 is 16.4 Å². The molecule has 1 aliphatic rings. The summed E-state index contributed by atoms with van der Waals surface area (Å²) in [6.45, 7) is 4.26. The number of aliphatic carboxylic acids is 3. The third kappa shape index (κ3) is 20.4. The van der Waals surface area contributed by atoms with Crippen molar-refractivity contribution in [2.75, 3.05) is 25.5 Å². The Morgan fingerprint density at radius 2 is 1.56 bits per heavy atom. The second-order valence-corrected chi connectivity index (χ2v) is 15.4. The molecule has 3 unspecified atom stereocenters. The van der Waals surface area contributed by atoms with Gasteiger partial charge in [0.2, 0.25) is 11.8 Å². The zero-order valence-corrected chi connectivity index (χ0v) is 32.7. The number of rotatable bonds is 28. The number of nitrogens with one attached hydrogen (secondary N) is 2. The third-order valence-corrected chi connectivity index (χ3v) is 11.0. The van der Waals surface area contributed by atoms with E-state index in [0.29, 0.717) is 18.4 Å². The van der Waals surface area contributed by atoms with E-state index in [1.54, 1.807) is 13.8 Å². The summed E-state index contributed by atoms with van der Waals surface area (Å²) in [5.41, 5.74) is 6.01. The van der Waals surface area contributed by atoms with Gasteiger partial charge in [-0.05, 0) is 51.9 Å². The number of hydrogen-bond donors (Lipinski definition) is 10. The molecule has 0 saturated carbocycles. The monoisotopic (exact) mass is 807 g/mol. The van der Waals surface area contributed by atoms with Crippen LogP contribution >= 0.6 is 11.8 Å². The summed E-state index contributed by atoms with van der Waals surface area (Å²) < 4.78 is 11.1. The average molecular weight is 808 g/mol. The van der Waals surface area contributed by atoms with Crippen LogP contribution in [0, 0.1) is 11.8 Å². The highest BCUT2D eigenvalue weighted by molar-refractivity contribution is 8.00. The molecule has 0 bridgehead atoms. The van der Waals surface area contributed by atoms with Gasteiger partial charge in [0.15, 0.2) is 0 Å². The van der Waals surface area contributed by atoms with E-state index in [4.69, 9.17) is 30.5 Å². The normalized spacial score (nSPS) is 22.0. The zero-order chi connectivity index (χ0) is 41.7. The van der Waals surface area contributed by atoms with Gasteiger partial charge in [-0.2, -0.15) is 11.8 Å². The second kappa shape index (κ2) is 26.5. The zero-order valence-electron chi connectivity index (χ0n) is 31.8. The molecular formula is C36H61N3O15S. The molecule has 1 rings (SSSR count). The van der Waals surface area contributed by atoms with Crippen molar-refractivity contribution in [2.45, 2.75) is 139 Å². The van der Waals surface area contributed by atoms with E-state index < -0.39 is 102 Å². The van der Waals surface area contributed by atoms with Crippen LogP contribution in [0.2, 0.25) is 0 Å². The number of esters is 1. The highest BCUT2D eigenvalue weighted by Crippen LogP contribution is 2.33. The predicted molar refractivity (Wildman–Crippen MR) is 200 cm³/mol. The van der Waals surface area contributed by atoms with Crippen LogP contribution in [0.25, 0.3) is 0 Å². The van der Waals surface area contributed by atoms with Crippen LogP contribution in [0.4, 0.5) is 0 Å². The molecule has 1 saturated heterocycles. The first-order valence-corrected chi connectivity index (χ1v) is 19.7. The van der Waals surface area contributed by atoms with Gasteiger partial charge in [-0.3, -0.25) is 24.0 Å². The van der Waals surface area contributed by atoms with Gasteiger partial charge in [0.05, 0.1) is 37.6 Å². The molecule has 10 atom stereocenters. The number of carboxylic acid groups (broad SMARTS) is 3. The molecule has 0 radical (unpaired) electrons. The molecule has 1 aliphatic heterocycles. The van der Waals surface area contributed by atoms with Crippen LogP contribution in [0.1, 0.15) is 91.4 Å². The van der Waals surface area contributed by atoms with Crippen LogP contribution in [0.3, 0.4) is 0 Å². The number of unbranched alkanes of at least 4 members (excludes halogenated alkanes) is 5. The van der Waals surface area contributed by atoms with Crippen LogP contribution in [-0.4, -0.2) is 145 Å². The lowest BCUT2D eigenvalue weighted by molar-refractivity contribution is -0.169. The fraction of sp³-hybridized carbons (Fsp3) is 0.778. The number of carbonyl (C=O) groups excluding carboxylic acids is 3. The largest absolute Gasteiger partial charge is 0.481 e. The SMILES string of the molecule is C/C(=C\C(=O)OCCCCCCCCC(=O)O)C[C@@H]1OC[C@H](C[C@H](O)C(SCC(NC(=O)CCC(N)C(=O)O)C(=O)NCC(=O)O)[C@@H](C)[C@H](C)O)[C@@H](O)[C@H]1O. The molecule has 18 nitrogen and oxygen atoms in total. The number of thioether (sulfide) groups is 1. The molecule has 1 heterocycles. The Bertz CT molecular complexity index is 1270. The number of ether oxygens (including phenoxy) is 2. The number of amides is 2. The first-order chi connectivity index (χ1) is 25.8. The summed E-state index contributed by atoms with van der Waals surface area (Å²) in [4.78, 5) is 70.3. The van der Waals surface area contributed by atoms with E-state index in [1.807, 2.05) is 0 Å². The summed E-state index contributed by atoms with van der Waals surface area (Å²) in [7, 11) is 0. The van der Waals surface area contributed by atoms with E-state index in [1.165, 1.54) is 13.0 Å². The molecule has 11 N–H and O–H groups in total. The van der Waals surface area contributed by atoms with E-state index in [0.717, 1.165) is 37.4 Å². The van der Waals surface area contributed by atoms with Crippen molar-refractivity contribution in [1.82, 2.24) is 10.6 Å². The molecule has 0 aromatic carbocycles. The molecule has 0 aromatic heterocycles. The van der Waals surface area contributed by atoms with Gasteiger partial charge in [0.1, 0.15) is 24.7 Å². The van der Waals surface area contributed by atoms with Crippen molar-refractivity contribution in [2.24, 2.45) is 17.6 Å². The molecule has 2 amide bonds. The van der Waals surface area contributed by atoms with Gasteiger partial charge in [-0.25, -0.2) is 4.79 Å². The Morgan fingerprint density at radius 3 is 2.16 bits per heavy atom. The molecule has 0 aliphatic carbocycles. The third-order valence-electron chi connectivity index (χ3n) is 9.38. The van der Waals surface area contributed by atoms with E-state index >= 15 is 0 Å². The average Bonchev–Trinajstić information content (AvgIpc) is 3.10. The van der Waals surface area contributed by atoms with Crippen molar-refractivity contribution in [1.29, 1.82) is 0 Å². The number of nitrogens with two attached hydrogens (primary N) is 1. The molecule has 0 spiro atoms. The Balaban J connectivity index is 2.79. The molecule has 19 heteroatoms. The summed E-state index contributed by atoms with van der Waals surface area (Å²) in [5.74, 6) is -7.07. The van der Waals surface area contributed by atoms with E-state index in [2.05, 4.69) is 10.6 Å². The molecule has 1 fully saturated rings. The molecule has 55 heavy (non-hydrogen) atoms. The summed E-state index contributed by atoms with van der Waals surface area (Å²) in [5, 5.41) is 74.2. The lowest BCUT2D eigenvalue weighted by atomic mass is 9.84. The summed E-state index contributed by atoms with van der Waals surface area (Å²) in [6, 6.07) is -2.62. The maximum Gasteiger partial charge on any atom is 0.330 e. The van der Waals surface area contributed by atoms with Crippen molar-refractivity contribution >= 4 is 47.5 Å². The molecular weight excluding hydrogens is 746 g/mol. The fourth-order valence-electron chi connectivity index (χ4n) is 5.89. The number of carbonyl (C=O) groups is 6. The van der Waals surface area contributed by atoms with Crippen LogP contribution in [0.15, 0.2) is 11.6 Å². The smallest absolute Gasteiger partial charge is 0.330 e. The fourth-order valence-corrected chi connectivity index (χ4v) is 7.41. The number of hydrogen-bond acceptors (Lipinski definition) is 14. The Hall–Kier alpha value is -3.33. The van der Waals surface area contributed by atoms with Crippen molar-refractivity contribution in [3.8, 4) is 0 Å². The van der Waals surface area contributed by atoms with Gasteiger partial charge in [-0.1, -0.05) is 38.2 Å². The highest BCUT2D eigenvalue weighted by atomic mass is 32.2. The van der Waals surface area contributed by atoms with Gasteiger partial charge < -0.3 is 61.6 Å². The van der Waals surface area contributed by atoms with Gasteiger partial charge >= 0.3 is 23.9 Å². The quantitative estimate of drug-likeness (QED) is 0.0286. The highest BCUT2D eigenvalue weighted by Gasteiger charge is 2.41. The van der Waals surface area contributed by atoms with Crippen LogP contribution in [0.5, 0.6) is 0 Å². The van der Waals surface area contributed by atoms with Gasteiger partial charge in [0, 0.05) is 35.8 Å². The summed E-state index contributed by atoms with van der Waals surface area (Å²) >= 11 is 1.02. The topological polar surface area (TPSA) is 313 Å². The van der Waals surface area contributed by atoms with Crippen molar-refractivity contribution in [3.05, 3.63) is 11.6 Å². The summed E-state index contributed by atoms with van der Waals surface area (Å²) in [6.07, 6.45) is 0.0353. The molecule has 0 aromatic rings. The number of carboxylic acids is 3. The Kier molecular flexibility index (Phi) is 24.0. The maximum absolute atomic E-state index is 12.8. The second-order valence-electron chi connectivity index (χ2n) is 14.2. The first-order valence-electron chi connectivity index (χ1n) is 18.6. The molecule has 316 valence electrons. The standard InChI is InChI=1S/C36H61N3O15S/c1-20(15-31(47)53-13-9-7-5-4-6-8-10-29(43)44)14-27-33(49)32(48)23(18-54-27)16-26(41)34(21(2)22(3)40)55-19-25(35(50)38-17-30(45)46)39-28(42)12-11-24(37)36(51)52/h15,21-27,32-34,40-41,48-49H,4-14,16-19,37H2,1-3H3,(H,38,50)(H,39,42)(H,43,44)(H,45,46)(H,51,52)/b20-15+/t21-,22-,23-,24?,25?,26-,27-,32+,33-,34?/m0/s1. The van der Waals surface area contributed by atoms with E-state index in [-0.39, 0.29) is 51.1 Å². The first kappa shape index (κ1) is 49.7. The predicted octanol–water partition coefficient (Wildman–Crippen LogP) is 0.166. The number of aliphatic hydroxyl groups excluding tert-OH is 4. The Labute approximate surface area is 325 Å². The number of aliphatic hydroxyl groups is 4. The lowest BCUT2D eigenvalue weighted by Crippen LogP contribution is -2.52. The van der Waals surface area contributed by atoms with E-state index in [9.17, 15) is 49.2 Å². The van der Waals surface area contributed by atoms with Crippen LogP contribution in [-0.2, 0) is 38.2 Å². The maximum atomic E-state index is 12.8. The minimum absolute atomic E-state index is 0.0524. The van der Waals surface area contributed by atoms with Crippen molar-refractivity contribution < 1.29 is 74.0 Å². The van der Waals surface area contributed by atoms with Crippen molar-refractivity contribution in [3.63, 3.8) is 0 Å². The van der Waals surface area contributed by atoms with Gasteiger partial charge in [-0.15, -0.1) is 0 Å². The Morgan fingerprint density at radius 1 is 0.927 bits per heavy atom.